The quantitative estimate of drug-likeness (QED) is 0.774. The third kappa shape index (κ3) is 6.58. The van der Waals surface area contributed by atoms with Gasteiger partial charge in [0.15, 0.2) is 0 Å². The van der Waals surface area contributed by atoms with E-state index in [1.54, 1.807) is 22.7 Å². The van der Waals surface area contributed by atoms with Gasteiger partial charge in [-0.15, -0.1) is 11.3 Å². The fraction of sp³-hybridized carbons (Fsp3) is 0.294. The number of aryl methyl sites for hydroxylation is 1. The second-order valence-electron chi connectivity index (χ2n) is 5.32. The number of rotatable bonds is 7. The van der Waals surface area contributed by atoms with Gasteiger partial charge in [0.05, 0.1) is 11.3 Å². The third-order valence-corrected chi connectivity index (χ3v) is 4.24. The minimum absolute atomic E-state index is 0.00152. The first-order chi connectivity index (χ1) is 11.8. The Bertz CT molecular complexity index is 715. The summed E-state index contributed by atoms with van der Waals surface area (Å²) in [6.07, 6.45) is -2.81. The van der Waals surface area contributed by atoms with Gasteiger partial charge in [-0.1, -0.05) is 18.2 Å². The Morgan fingerprint density at radius 3 is 2.52 bits per heavy atom. The van der Waals surface area contributed by atoms with E-state index >= 15 is 0 Å². The maximum absolute atomic E-state index is 12.2. The van der Waals surface area contributed by atoms with Crippen LogP contribution >= 0.6 is 11.3 Å². The lowest BCUT2D eigenvalue weighted by atomic mass is 10.1. The first-order valence-corrected chi connectivity index (χ1v) is 8.49. The van der Waals surface area contributed by atoms with Crippen molar-refractivity contribution in [2.45, 2.75) is 25.4 Å². The van der Waals surface area contributed by atoms with Gasteiger partial charge in [0.1, 0.15) is 6.54 Å². The fourth-order valence-electron chi connectivity index (χ4n) is 2.16. The largest absolute Gasteiger partial charge is 0.405 e. The molecule has 0 saturated carbocycles. The van der Waals surface area contributed by atoms with Gasteiger partial charge in [-0.3, -0.25) is 9.59 Å². The van der Waals surface area contributed by atoms with Gasteiger partial charge >= 0.3 is 6.18 Å². The highest BCUT2D eigenvalue weighted by Crippen LogP contribution is 2.18. The molecule has 25 heavy (non-hydrogen) atoms. The van der Waals surface area contributed by atoms with Crippen LogP contribution in [0.5, 0.6) is 0 Å². The van der Waals surface area contributed by atoms with Crippen molar-refractivity contribution in [1.29, 1.82) is 0 Å². The summed E-state index contributed by atoms with van der Waals surface area (Å²) in [7, 11) is 0. The predicted octanol–water partition coefficient (Wildman–Crippen LogP) is 4.00. The number of para-hydroxylation sites is 1. The van der Waals surface area contributed by atoms with Crippen molar-refractivity contribution >= 4 is 28.8 Å². The summed E-state index contributed by atoms with van der Waals surface area (Å²) in [5.74, 6) is -1.17. The molecule has 0 saturated heterocycles. The second kappa shape index (κ2) is 8.66. The van der Waals surface area contributed by atoms with E-state index in [0.29, 0.717) is 6.42 Å². The Kier molecular flexibility index (Phi) is 6.58. The number of anilines is 1. The number of hydrogen-bond donors (Lipinski definition) is 2. The van der Waals surface area contributed by atoms with Gasteiger partial charge in [0.2, 0.25) is 5.91 Å². The number of carbonyl (C=O) groups is 2. The van der Waals surface area contributed by atoms with Gasteiger partial charge in [-0.2, -0.15) is 13.2 Å². The molecule has 1 aromatic heterocycles. The summed E-state index contributed by atoms with van der Waals surface area (Å²) < 4.78 is 36.6. The summed E-state index contributed by atoms with van der Waals surface area (Å²) in [5, 5.41) is 6.35. The molecule has 0 radical (unpaired) electrons. The molecule has 0 fully saturated rings. The number of amides is 2. The zero-order chi connectivity index (χ0) is 18.3. The van der Waals surface area contributed by atoms with Crippen LogP contribution in [-0.4, -0.2) is 24.5 Å². The van der Waals surface area contributed by atoms with Crippen LogP contribution in [0.15, 0.2) is 41.8 Å². The van der Waals surface area contributed by atoms with E-state index in [-0.39, 0.29) is 23.6 Å². The lowest BCUT2D eigenvalue weighted by molar-refractivity contribution is -0.123. The molecular formula is C17H17F3N2O2S. The number of benzene rings is 1. The molecule has 134 valence electrons. The molecule has 0 bridgehead atoms. The Labute approximate surface area is 147 Å². The van der Waals surface area contributed by atoms with Crippen LogP contribution in [0.1, 0.15) is 28.1 Å². The van der Waals surface area contributed by atoms with Crippen LogP contribution in [-0.2, 0) is 11.2 Å². The van der Waals surface area contributed by atoms with E-state index in [9.17, 15) is 22.8 Å². The first kappa shape index (κ1) is 19.0. The lowest BCUT2D eigenvalue weighted by Crippen LogP contribution is -2.34. The second-order valence-corrected chi connectivity index (χ2v) is 6.36. The zero-order valence-electron chi connectivity index (χ0n) is 13.2. The molecule has 0 unspecified atom stereocenters. The van der Waals surface area contributed by atoms with Crippen LogP contribution < -0.4 is 10.6 Å². The smallest absolute Gasteiger partial charge is 0.343 e. The number of alkyl halides is 3. The van der Waals surface area contributed by atoms with E-state index in [2.05, 4.69) is 5.32 Å². The molecule has 2 aromatic rings. The molecule has 0 aliphatic heterocycles. The topological polar surface area (TPSA) is 58.2 Å². The van der Waals surface area contributed by atoms with Gasteiger partial charge in [0.25, 0.3) is 5.91 Å². The molecule has 2 rings (SSSR count). The van der Waals surface area contributed by atoms with Crippen LogP contribution in [0, 0.1) is 0 Å². The lowest BCUT2D eigenvalue weighted by Gasteiger charge is -2.12. The Morgan fingerprint density at radius 2 is 1.84 bits per heavy atom. The molecule has 8 heteroatoms. The van der Waals surface area contributed by atoms with Crippen LogP contribution in [0.2, 0.25) is 0 Å². The standard InChI is InChI=1S/C17H17F3N2O2S/c18-17(19,20)11-21-16(24)13-7-1-2-8-14(13)22-15(23)9-3-5-12-6-4-10-25-12/h1-2,4,6-8,10H,3,5,9,11H2,(H,21,24)(H,22,23). The number of carbonyl (C=O) groups excluding carboxylic acids is 2. The molecule has 1 aromatic carbocycles. The molecular weight excluding hydrogens is 353 g/mol. The fourth-order valence-corrected chi connectivity index (χ4v) is 2.91. The van der Waals surface area contributed by atoms with E-state index < -0.39 is 18.6 Å². The summed E-state index contributed by atoms with van der Waals surface area (Å²) >= 11 is 1.62. The maximum Gasteiger partial charge on any atom is 0.405 e. The van der Waals surface area contributed by atoms with E-state index in [1.165, 1.54) is 23.1 Å². The molecule has 2 N–H and O–H groups in total. The van der Waals surface area contributed by atoms with Crippen molar-refractivity contribution in [2.75, 3.05) is 11.9 Å². The molecule has 1 heterocycles. The van der Waals surface area contributed by atoms with Gasteiger partial charge in [-0.25, -0.2) is 0 Å². The van der Waals surface area contributed by atoms with Crippen molar-refractivity contribution in [3.8, 4) is 0 Å². The van der Waals surface area contributed by atoms with Crippen LogP contribution in [0.3, 0.4) is 0 Å². The van der Waals surface area contributed by atoms with Crippen molar-refractivity contribution in [3.63, 3.8) is 0 Å². The van der Waals surface area contributed by atoms with E-state index in [1.807, 2.05) is 17.5 Å². The summed E-state index contributed by atoms with van der Waals surface area (Å²) in [4.78, 5) is 25.1. The number of nitrogens with one attached hydrogen (secondary N) is 2. The first-order valence-electron chi connectivity index (χ1n) is 7.61. The van der Waals surface area contributed by atoms with Gasteiger partial charge in [-0.05, 0) is 36.4 Å². The summed E-state index contributed by atoms with van der Waals surface area (Å²) in [5.41, 5.74) is 0.196. The van der Waals surface area contributed by atoms with Crippen molar-refractivity contribution < 1.29 is 22.8 Å². The van der Waals surface area contributed by atoms with E-state index in [4.69, 9.17) is 0 Å². The number of thiophene rings is 1. The minimum atomic E-state index is -4.49. The Morgan fingerprint density at radius 1 is 1.08 bits per heavy atom. The zero-order valence-corrected chi connectivity index (χ0v) is 14.0. The summed E-state index contributed by atoms with van der Waals surface area (Å²) in [6.45, 7) is -1.42. The molecule has 4 nitrogen and oxygen atoms in total. The van der Waals surface area contributed by atoms with Gasteiger partial charge in [0, 0.05) is 11.3 Å². The summed E-state index contributed by atoms with van der Waals surface area (Å²) in [6, 6.07) is 9.90. The van der Waals surface area contributed by atoms with E-state index in [0.717, 1.165) is 6.42 Å². The van der Waals surface area contributed by atoms with Crippen molar-refractivity contribution in [3.05, 3.63) is 52.2 Å². The highest BCUT2D eigenvalue weighted by molar-refractivity contribution is 7.09. The molecule has 0 spiro atoms. The van der Waals surface area contributed by atoms with Crippen molar-refractivity contribution in [1.82, 2.24) is 5.32 Å². The minimum Gasteiger partial charge on any atom is -0.343 e. The predicted molar refractivity (Wildman–Crippen MR) is 90.7 cm³/mol. The average Bonchev–Trinajstić information content (AvgIpc) is 3.06. The highest BCUT2D eigenvalue weighted by Gasteiger charge is 2.28. The highest BCUT2D eigenvalue weighted by atomic mass is 32.1. The Balaban J connectivity index is 1.90. The maximum atomic E-state index is 12.2. The molecule has 0 atom stereocenters. The number of halogens is 3. The molecule has 2 amide bonds. The average molecular weight is 370 g/mol. The van der Waals surface area contributed by atoms with Crippen molar-refractivity contribution in [2.24, 2.45) is 0 Å². The SMILES string of the molecule is O=C(CCCc1cccs1)Nc1ccccc1C(=O)NCC(F)(F)F. The molecule has 0 aliphatic carbocycles. The van der Waals surface area contributed by atoms with Crippen LogP contribution in [0.4, 0.5) is 18.9 Å². The number of hydrogen-bond acceptors (Lipinski definition) is 3. The Hall–Kier alpha value is -2.35. The monoisotopic (exact) mass is 370 g/mol. The van der Waals surface area contributed by atoms with Gasteiger partial charge < -0.3 is 10.6 Å². The normalized spacial score (nSPS) is 11.2. The van der Waals surface area contributed by atoms with Crippen LogP contribution in [0.25, 0.3) is 0 Å². The third-order valence-electron chi connectivity index (χ3n) is 3.30. The molecule has 0 aliphatic rings.